The van der Waals surface area contributed by atoms with E-state index in [2.05, 4.69) is 216 Å². The van der Waals surface area contributed by atoms with Crippen molar-refractivity contribution in [2.45, 2.75) is 43.4 Å². The Morgan fingerprint density at radius 3 is 1.45 bits per heavy atom. The molecule has 1 atom stereocenters. The maximum Gasteiger partial charge on any atom is 0.323 e. The summed E-state index contributed by atoms with van der Waals surface area (Å²) in [6.45, 7) is 3.35. The van der Waals surface area contributed by atoms with Gasteiger partial charge in [-0.25, -0.2) is 9.67 Å². The Bertz CT molecular complexity index is 3080. The van der Waals surface area contributed by atoms with Crippen molar-refractivity contribution in [2.75, 3.05) is 13.7 Å². The highest BCUT2D eigenvalue weighted by atomic mass is 16.5. The van der Waals surface area contributed by atoms with E-state index in [0.717, 1.165) is 67.7 Å². The smallest absolute Gasteiger partial charge is 0.323 e. The molecule has 9 heteroatoms. The van der Waals surface area contributed by atoms with Crippen molar-refractivity contribution in [1.29, 1.82) is 0 Å². The van der Waals surface area contributed by atoms with Crippen molar-refractivity contribution in [1.82, 2.24) is 34.7 Å². The summed E-state index contributed by atoms with van der Waals surface area (Å²) in [5, 5.41) is 14.0. The third-order valence-corrected chi connectivity index (χ3v) is 13.6. The number of hydrogen-bond donors (Lipinski definition) is 0. The van der Waals surface area contributed by atoms with Gasteiger partial charge < -0.3 is 9.30 Å². The monoisotopic (exact) mass is 929 g/mol. The van der Waals surface area contributed by atoms with Crippen LogP contribution in [0.3, 0.4) is 0 Å². The van der Waals surface area contributed by atoms with Crippen LogP contribution in [0.25, 0.3) is 22.5 Å². The van der Waals surface area contributed by atoms with E-state index < -0.39 is 17.1 Å². The van der Waals surface area contributed by atoms with E-state index in [1.807, 2.05) is 53.5 Å². The molecule has 0 fully saturated rings. The molecule has 71 heavy (non-hydrogen) atoms. The number of carbonyl (C=O) groups is 1. The Morgan fingerprint density at radius 2 is 1.00 bits per heavy atom. The minimum absolute atomic E-state index is 0.297. The molecule has 0 radical (unpaired) electrons. The number of hydrogen-bond acceptors (Lipinski definition) is 7. The van der Waals surface area contributed by atoms with E-state index in [1.165, 1.54) is 7.11 Å². The summed E-state index contributed by atoms with van der Waals surface area (Å²) >= 11 is 0. The zero-order valence-corrected chi connectivity index (χ0v) is 39.9. The van der Waals surface area contributed by atoms with Crippen LogP contribution in [0, 0.1) is 0 Å². The van der Waals surface area contributed by atoms with E-state index in [1.54, 1.807) is 0 Å². The third kappa shape index (κ3) is 8.88. The van der Waals surface area contributed by atoms with E-state index >= 15 is 0 Å². The number of rotatable bonds is 18. The van der Waals surface area contributed by atoms with Gasteiger partial charge in [0.25, 0.3) is 0 Å². The van der Waals surface area contributed by atoms with Gasteiger partial charge in [0, 0.05) is 24.7 Å². The molecule has 0 unspecified atom stereocenters. The zero-order chi connectivity index (χ0) is 48.5. The van der Waals surface area contributed by atoms with Crippen molar-refractivity contribution in [3.05, 3.63) is 288 Å². The molecule has 0 saturated carbocycles. The van der Waals surface area contributed by atoms with Crippen LogP contribution in [0.2, 0.25) is 0 Å². The van der Waals surface area contributed by atoms with Crippen LogP contribution in [0.5, 0.6) is 0 Å². The Balaban J connectivity index is 0.978. The Kier molecular flexibility index (Phi) is 13.7. The first-order chi connectivity index (χ1) is 35.0. The molecule has 0 spiro atoms. The van der Waals surface area contributed by atoms with Crippen LogP contribution in [-0.2, 0) is 33.6 Å². The molecule has 8 aromatic carbocycles. The molecule has 0 saturated heterocycles. The summed E-state index contributed by atoms with van der Waals surface area (Å²) in [5.41, 5.74) is 9.53. The average Bonchev–Trinajstić information content (AvgIpc) is 4.14. The average molecular weight is 930 g/mol. The van der Waals surface area contributed by atoms with Gasteiger partial charge in [0.05, 0.1) is 19.1 Å². The van der Waals surface area contributed by atoms with Crippen molar-refractivity contribution < 1.29 is 9.53 Å². The van der Waals surface area contributed by atoms with E-state index in [0.29, 0.717) is 25.3 Å². The number of aromatic nitrogens is 6. The standard InChI is InChI=1S/C62H55N7O2/c1-3-42-67(58(60(70)71-2)43-55-45-68(46-63-55)61(49-24-10-4-11-25-49,50-26-12-5-13-27-50)51-28-14-6-15-29-51)44-47-38-40-48(41-39-47)56-36-22-23-37-57(56)59-64-65-66-69(59)62(52-30-16-7-17-31-52,53-32-18-8-19-33-53)54-34-20-9-21-35-54/h4-41,45-46,58H,3,42-44H2,1-2H3/t58-/m0/s1. The van der Waals surface area contributed by atoms with E-state index in [4.69, 9.17) is 20.0 Å². The highest BCUT2D eigenvalue weighted by Gasteiger charge is 2.43. The zero-order valence-electron chi connectivity index (χ0n) is 39.9. The topological polar surface area (TPSA) is 91.0 Å². The molecule has 0 N–H and O–H groups in total. The fraction of sp³-hybridized carbons (Fsp3) is 0.145. The van der Waals surface area contributed by atoms with Crippen molar-refractivity contribution in [3.63, 3.8) is 0 Å². The van der Waals surface area contributed by atoms with Gasteiger partial charge >= 0.3 is 5.97 Å². The number of tetrazole rings is 1. The second-order valence-corrected chi connectivity index (χ2v) is 17.8. The fourth-order valence-electron chi connectivity index (χ4n) is 10.4. The van der Waals surface area contributed by atoms with Gasteiger partial charge in [0.2, 0.25) is 0 Å². The summed E-state index contributed by atoms with van der Waals surface area (Å²) in [4.78, 5) is 21.2. The lowest BCUT2D eigenvalue weighted by Gasteiger charge is -2.37. The van der Waals surface area contributed by atoms with Crippen molar-refractivity contribution in [3.8, 4) is 22.5 Å². The lowest BCUT2D eigenvalue weighted by Crippen LogP contribution is -2.43. The van der Waals surface area contributed by atoms with Gasteiger partial charge in [0.1, 0.15) is 17.1 Å². The molecule has 0 aliphatic rings. The van der Waals surface area contributed by atoms with Gasteiger partial charge in [-0.2, -0.15) is 0 Å². The van der Waals surface area contributed by atoms with Gasteiger partial charge in [0.15, 0.2) is 5.82 Å². The molecule has 0 bridgehead atoms. The molecule has 350 valence electrons. The van der Waals surface area contributed by atoms with Gasteiger partial charge in [-0.15, -0.1) is 5.10 Å². The third-order valence-electron chi connectivity index (χ3n) is 13.6. The Labute approximate surface area is 415 Å². The predicted octanol–water partition coefficient (Wildman–Crippen LogP) is 11.9. The largest absolute Gasteiger partial charge is 0.468 e. The first-order valence-corrected chi connectivity index (χ1v) is 24.2. The number of methoxy groups -OCH3 is 1. The normalized spacial score (nSPS) is 12.2. The minimum atomic E-state index is -0.897. The molecule has 0 amide bonds. The number of ether oxygens (including phenoxy) is 1. The maximum atomic E-state index is 13.9. The summed E-state index contributed by atoms with van der Waals surface area (Å²) < 4.78 is 9.71. The van der Waals surface area contributed by atoms with Crippen LogP contribution in [0.4, 0.5) is 0 Å². The molecular weight excluding hydrogens is 875 g/mol. The van der Waals surface area contributed by atoms with Crippen LogP contribution in [0.15, 0.2) is 243 Å². The summed E-state index contributed by atoms with van der Waals surface area (Å²) in [5.74, 6) is 0.335. The minimum Gasteiger partial charge on any atom is -0.468 e. The van der Waals surface area contributed by atoms with Gasteiger partial charge in [-0.3, -0.25) is 9.69 Å². The summed E-state index contributed by atoms with van der Waals surface area (Å²) in [6, 6.07) is 79.2. The van der Waals surface area contributed by atoms with Crippen LogP contribution in [-0.4, -0.2) is 60.3 Å². The Hall–Kier alpha value is -8.53. The molecular formula is C62H55N7O2. The molecule has 10 rings (SSSR count). The number of esters is 1. The number of benzene rings is 8. The fourth-order valence-corrected chi connectivity index (χ4v) is 10.4. The highest BCUT2D eigenvalue weighted by Crippen LogP contribution is 2.44. The second kappa shape index (κ2) is 21.0. The van der Waals surface area contributed by atoms with Crippen LogP contribution < -0.4 is 0 Å². The van der Waals surface area contributed by atoms with Crippen LogP contribution in [0.1, 0.15) is 58.0 Å². The predicted molar refractivity (Wildman–Crippen MR) is 280 cm³/mol. The van der Waals surface area contributed by atoms with Gasteiger partial charge in [-0.05, 0) is 73.5 Å². The molecule has 10 aromatic rings. The van der Waals surface area contributed by atoms with Crippen molar-refractivity contribution in [2.24, 2.45) is 0 Å². The summed E-state index contributed by atoms with van der Waals surface area (Å²) in [6.07, 6.45) is 5.21. The lowest BCUT2D eigenvalue weighted by atomic mass is 9.77. The molecule has 2 aromatic heterocycles. The second-order valence-electron chi connectivity index (χ2n) is 17.8. The first-order valence-electron chi connectivity index (χ1n) is 24.2. The molecule has 2 heterocycles. The molecule has 9 nitrogen and oxygen atoms in total. The SMILES string of the molecule is CCCN(Cc1ccc(-c2ccccc2-c2nnnn2C(c2ccccc2)(c2ccccc2)c2ccccc2)cc1)[C@@H](Cc1cn(C(c2ccccc2)(c2ccccc2)c2ccccc2)cn1)C(=O)OC. The molecule has 0 aliphatic heterocycles. The number of carbonyl (C=O) groups excluding carboxylic acids is 1. The first kappa shape index (κ1) is 46.2. The van der Waals surface area contributed by atoms with Crippen molar-refractivity contribution >= 4 is 5.97 Å². The summed E-state index contributed by atoms with van der Waals surface area (Å²) in [7, 11) is 1.47. The highest BCUT2D eigenvalue weighted by molar-refractivity contribution is 5.81. The van der Waals surface area contributed by atoms with Gasteiger partial charge in [-0.1, -0.05) is 237 Å². The maximum absolute atomic E-state index is 13.9. The quantitative estimate of drug-likeness (QED) is 0.0625. The number of imidazole rings is 1. The Morgan fingerprint density at radius 1 is 0.563 bits per heavy atom. The lowest BCUT2D eigenvalue weighted by molar-refractivity contribution is -0.147. The molecule has 0 aliphatic carbocycles. The van der Waals surface area contributed by atoms with E-state index in [-0.39, 0.29) is 5.97 Å². The van der Waals surface area contributed by atoms with Crippen LogP contribution >= 0.6 is 0 Å². The van der Waals surface area contributed by atoms with E-state index in [9.17, 15) is 4.79 Å². The number of nitrogens with zero attached hydrogens (tertiary/aromatic N) is 7.